The number of hydrogen-bond donors (Lipinski definition) is 4. The van der Waals surface area contributed by atoms with E-state index in [1.54, 1.807) is 0 Å². The predicted molar refractivity (Wildman–Crippen MR) is 113 cm³/mol. The number of urea groups is 1. The van der Waals surface area contributed by atoms with E-state index in [2.05, 4.69) is 40.1 Å². The van der Waals surface area contributed by atoms with Gasteiger partial charge >= 0.3 is 6.03 Å². The predicted octanol–water partition coefficient (Wildman–Crippen LogP) is 3.68. The Morgan fingerprint density at radius 3 is 2.79 bits per heavy atom. The Morgan fingerprint density at radius 2 is 2.04 bits per heavy atom. The SMILES string of the molecule is CCC1(CCOCCNC(=O)NC2CCCCC2)Nc2cnc(C)c(C)c2N1. The van der Waals surface area contributed by atoms with E-state index in [4.69, 9.17) is 4.74 Å². The van der Waals surface area contributed by atoms with Crippen LogP contribution >= 0.6 is 0 Å². The van der Waals surface area contributed by atoms with Crippen molar-refractivity contribution in [1.29, 1.82) is 0 Å². The van der Waals surface area contributed by atoms with Crippen LogP contribution in [0.4, 0.5) is 16.2 Å². The summed E-state index contributed by atoms with van der Waals surface area (Å²) in [5.41, 5.74) is 4.25. The second-order valence-electron chi connectivity index (χ2n) is 8.04. The van der Waals surface area contributed by atoms with Crippen molar-refractivity contribution in [2.24, 2.45) is 0 Å². The van der Waals surface area contributed by atoms with Gasteiger partial charge in [0.15, 0.2) is 0 Å². The largest absolute Gasteiger partial charge is 0.379 e. The van der Waals surface area contributed by atoms with Crippen LogP contribution in [0.1, 0.15) is 63.1 Å². The Morgan fingerprint density at radius 1 is 1.25 bits per heavy atom. The molecule has 0 saturated heterocycles. The van der Waals surface area contributed by atoms with Gasteiger partial charge in [-0.3, -0.25) is 4.98 Å². The van der Waals surface area contributed by atoms with E-state index in [0.29, 0.717) is 25.8 Å². The van der Waals surface area contributed by atoms with Gasteiger partial charge in [-0.2, -0.15) is 0 Å². The van der Waals surface area contributed by atoms with Crippen LogP contribution in [0.5, 0.6) is 0 Å². The molecule has 1 atom stereocenters. The molecule has 0 spiro atoms. The first kappa shape index (κ1) is 20.7. The van der Waals surface area contributed by atoms with E-state index in [0.717, 1.165) is 42.8 Å². The second kappa shape index (κ2) is 9.45. The van der Waals surface area contributed by atoms with Crippen LogP contribution in [0, 0.1) is 13.8 Å². The zero-order valence-electron chi connectivity index (χ0n) is 17.5. The number of nitrogens with one attached hydrogen (secondary N) is 4. The molecule has 7 nitrogen and oxygen atoms in total. The minimum atomic E-state index is -0.200. The van der Waals surface area contributed by atoms with Crippen LogP contribution in [-0.4, -0.2) is 42.5 Å². The monoisotopic (exact) mass is 389 g/mol. The van der Waals surface area contributed by atoms with Crippen molar-refractivity contribution in [3.05, 3.63) is 17.5 Å². The number of nitrogens with zero attached hydrogens (tertiary/aromatic N) is 1. The lowest BCUT2D eigenvalue weighted by molar-refractivity contribution is 0.122. The Bertz CT molecular complexity index is 675. The number of pyridine rings is 1. The molecule has 0 aromatic carbocycles. The number of carbonyl (C=O) groups excluding carboxylic acids is 1. The average molecular weight is 390 g/mol. The minimum absolute atomic E-state index is 0.0755. The van der Waals surface area contributed by atoms with E-state index in [1.165, 1.54) is 24.8 Å². The summed E-state index contributed by atoms with van der Waals surface area (Å²) < 4.78 is 5.78. The maximum absolute atomic E-state index is 11.9. The molecule has 7 heteroatoms. The number of anilines is 2. The minimum Gasteiger partial charge on any atom is -0.379 e. The maximum atomic E-state index is 11.9. The molecule has 156 valence electrons. The molecule has 2 amide bonds. The first-order valence-electron chi connectivity index (χ1n) is 10.7. The molecule has 2 aliphatic rings. The summed E-state index contributed by atoms with van der Waals surface area (Å²) in [6, 6.07) is 0.260. The molecule has 28 heavy (non-hydrogen) atoms. The van der Waals surface area contributed by atoms with E-state index in [9.17, 15) is 4.79 Å². The molecule has 1 aliphatic heterocycles. The Balaban J connectivity index is 1.34. The number of rotatable bonds is 8. The Labute approximate surface area is 168 Å². The fourth-order valence-corrected chi connectivity index (χ4v) is 4.04. The molecule has 0 radical (unpaired) electrons. The maximum Gasteiger partial charge on any atom is 0.315 e. The zero-order chi connectivity index (χ0) is 20.0. The average Bonchev–Trinajstić information content (AvgIpc) is 3.08. The van der Waals surface area contributed by atoms with Crippen molar-refractivity contribution in [2.75, 3.05) is 30.4 Å². The third kappa shape index (κ3) is 5.07. The lowest BCUT2D eigenvalue weighted by atomic mass is 9.96. The number of hydrogen-bond acceptors (Lipinski definition) is 5. The van der Waals surface area contributed by atoms with Crippen LogP contribution in [-0.2, 0) is 4.74 Å². The van der Waals surface area contributed by atoms with Crippen LogP contribution in [0.2, 0.25) is 0 Å². The van der Waals surface area contributed by atoms with E-state index >= 15 is 0 Å². The van der Waals surface area contributed by atoms with Gasteiger partial charge in [-0.15, -0.1) is 0 Å². The highest BCUT2D eigenvalue weighted by Gasteiger charge is 2.35. The molecule has 1 unspecified atom stereocenters. The molecule has 3 rings (SSSR count). The number of fused-ring (bicyclic) bond motifs is 1. The summed E-state index contributed by atoms with van der Waals surface area (Å²) >= 11 is 0. The zero-order valence-corrected chi connectivity index (χ0v) is 17.5. The lowest BCUT2D eigenvalue weighted by Crippen LogP contribution is -2.44. The third-order valence-electron chi connectivity index (χ3n) is 6.06. The summed E-state index contributed by atoms with van der Waals surface area (Å²) in [7, 11) is 0. The molecule has 1 aromatic heterocycles. The van der Waals surface area contributed by atoms with Gasteiger partial charge in [0.25, 0.3) is 0 Å². The third-order valence-corrected chi connectivity index (χ3v) is 6.06. The quantitative estimate of drug-likeness (QED) is 0.510. The molecular formula is C21H35N5O2. The molecule has 1 fully saturated rings. The van der Waals surface area contributed by atoms with Crippen LogP contribution in [0.15, 0.2) is 6.20 Å². The topological polar surface area (TPSA) is 87.3 Å². The lowest BCUT2D eigenvalue weighted by Gasteiger charge is -2.29. The Kier molecular flexibility index (Phi) is 6.99. The molecule has 0 bridgehead atoms. The second-order valence-corrected chi connectivity index (χ2v) is 8.04. The van der Waals surface area contributed by atoms with Crippen molar-refractivity contribution in [3.8, 4) is 0 Å². The van der Waals surface area contributed by atoms with Gasteiger partial charge in [0.2, 0.25) is 0 Å². The van der Waals surface area contributed by atoms with Gasteiger partial charge in [-0.05, 0) is 38.7 Å². The van der Waals surface area contributed by atoms with Gasteiger partial charge in [0.1, 0.15) is 5.66 Å². The number of amides is 2. The highest BCUT2D eigenvalue weighted by atomic mass is 16.5. The van der Waals surface area contributed by atoms with Crippen molar-refractivity contribution in [3.63, 3.8) is 0 Å². The number of aromatic nitrogens is 1. The van der Waals surface area contributed by atoms with Crippen molar-refractivity contribution >= 4 is 17.4 Å². The molecule has 2 heterocycles. The summed E-state index contributed by atoms with van der Waals surface area (Å²) in [5, 5.41) is 13.2. The van der Waals surface area contributed by atoms with Crippen molar-refractivity contribution < 1.29 is 9.53 Å². The Hall–Kier alpha value is -2.02. The number of aryl methyl sites for hydroxylation is 1. The molecule has 1 aliphatic carbocycles. The normalized spacial score (nSPS) is 21.5. The standard InChI is InChI=1S/C21H35N5O2/c1-4-21(25-18-14-23-16(3)15(2)19(18)26-21)10-12-28-13-11-22-20(27)24-17-8-6-5-7-9-17/h14,17,25-26H,4-13H2,1-3H3,(H2,22,24,27). The summed E-state index contributed by atoms with van der Waals surface area (Å²) in [4.78, 5) is 16.4. The molecule has 1 saturated carbocycles. The van der Waals surface area contributed by atoms with Gasteiger partial charge in [-0.1, -0.05) is 26.2 Å². The van der Waals surface area contributed by atoms with Gasteiger partial charge in [0, 0.05) is 24.7 Å². The van der Waals surface area contributed by atoms with E-state index in [-0.39, 0.29) is 11.7 Å². The highest BCUT2D eigenvalue weighted by molar-refractivity contribution is 5.79. The fourth-order valence-electron chi connectivity index (χ4n) is 4.04. The van der Waals surface area contributed by atoms with Gasteiger partial charge < -0.3 is 26.0 Å². The van der Waals surface area contributed by atoms with E-state index < -0.39 is 0 Å². The number of ether oxygens (including phenoxy) is 1. The van der Waals surface area contributed by atoms with Gasteiger partial charge in [0.05, 0.1) is 30.8 Å². The van der Waals surface area contributed by atoms with Gasteiger partial charge in [-0.25, -0.2) is 4.79 Å². The van der Waals surface area contributed by atoms with Crippen LogP contribution in [0.25, 0.3) is 0 Å². The van der Waals surface area contributed by atoms with Crippen molar-refractivity contribution in [2.45, 2.75) is 77.4 Å². The fraction of sp³-hybridized carbons (Fsp3) is 0.714. The molecule has 4 N–H and O–H groups in total. The number of carbonyl (C=O) groups is 1. The van der Waals surface area contributed by atoms with Crippen LogP contribution in [0.3, 0.4) is 0 Å². The van der Waals surface area contributed by atoms with Crippen LogP contribution < -0.4 is 21.3 Å². The first-order chi connectivity index (χ1) is 13.5. The summed E-state index contributed by atoms with van der Waals surface area (Å²) in [6.07, 6.45) is 9.59. The van der Waals surface area contributed by atoms with E-state index in [1.807, 2.05) is 13.1 Å². The highest BCUT2D eigenvalue weighted by Crippen LogP contribution is 2.39. The molecular weight excluding hydrogens is 354 g/mol. The van der Waals surface area contributed by atoms with Crippen molar-refractivity contribution in [1.82, 2.24) is 15.6 Å². The summed E-state index contributed by atoms with van der Waals surface area (Å²) in [5.74, 6) is 0. The smallest absolute Gasteiger partial charge is 0.315 e. The molecule has 1 aromatic rings. The summed E-state index contributed by atoms with van der Waals surface area (Å²) in [6.45, 7) is 7.97. The first-order valence-corrected chi connectivity index (χ1v) is 10.7.